The molecule has 0 aliphatic rings. The third-order valence-corrected chi connectivity index (χ3v) is 7.66. The Morgan fingerprint density at radius 2 is 0.868 bits per heavy atom. The van der Waals surface area contributed by atoms with Crippen molar-refractivity contribution in [3.63, 3.8) is 0 Å². The first kappa shape index (κ1) is 29.6. The minimum Gasteiger partial charge on any atom is -0.490 e. The number of rotatable bonds is 9. The molecule has 0 aliphatic carbocycles. The first-order valence-electron chi connectivity index (χ1n) is 11.0. The molecular formula is C26H24F7O4S+. The summed E-state index contributed by atoms with van der Waals surface area (Å²) in [6, 6.07) is 17.8. The van der Waals surface area contributed by atoms with Crippen LogP contribution in [0.4, 0.5) is 30.7 Å². The minimum atomic E-state index is -4.87. The molecule has 12 heteroatoms. The molecule has 38 heavy (non-hydrogen) atoms. The highest BCUT2D eigenvalue weighted by molar-refractivity contribution is 7.97. The van der Waals surface area contributed by atoms with Gasteiger partial charge in [-0.05, 0) is 86.6 Å². The molecule has 3 aromatic carbocycles. The molecule has 0 spiro atoms. The Labute approximate surface area is 217 Å². The molecule has 2 atom stereocenters. The number of alkyl halides is 6. The molecule has 0 amide bonds. The van der Waals surface area contributed by atoms with Crippen LogP contribution in [0, 0.1) is 5.82 Å². The third-order valence-electron chi connectivity index (χ3n) is 5.43. The quantitative estimate of drug-likeness (QED) is 0.236. The molecule has 0 heterocycles. The van der Waals surface area contributed by atoms with E-state index < -0.39 is 53.5 Å². The fourth-order valence-electron chi connectivity index (χ4n) is 2.93. The molecule has 3 aromatic rings. The second-order valence-electron chi connectivity index (χ2n) is 8.82. The summed E-state index contributed by atoms with van der Waals surface area (Å²) in [7, 11) is -0.846. The fourth-order valence-corrected chi connectivity index (χ4v) is 4.98. The average Bonchev–Trinajstić information content (AvgIpc) is 2.83. The zero-order chi connectivity index (χ0) is 28.4. The van der Waals surface area contributed by atoms with Gasteiger partial charge >= 0.3 is 12.4 Å². The maximum absolute atomic E-state index is 13.6. The minimum absolute atomic E-state index is 0.0846. The summed E-state index contributed by atoms with van der Waals surface area (Å²) in [6.07, 6.45) is -9.75. The van der Waals surface area contributed by atoms with Gasteiger partial charge in [-0.25, -0.2) is 4.39 Å². The van der Waals surface area contributed by atoms with E-state index in [1.165, 1.54) is 36.4 Å². The van der Waals surface area contributed by atoms with Crippen LogP contribution < -0.4 is 9.47 Å². The van der Waals surface area contributed by atoms with E-state index >= 15 is 0 Å². The SMILES string of the molecule is CC(O)(COc1ccc([S+](c2ccc(F)cc2)c2ccc(OCC(C)(O)C(F)(F)F)cc2)cc1)C(F)(F)F. The zero-order valence-electron chi connectivity index (χ0n) is 20.1. The van der Waals surface area contributed by atoms with Crippen molar-refractivity contribution in [2.24, 2.45) is 0 Å². The van der Waals surface area contributed by atoms with E-state index in [0.29, 0.717) is 28.5 Å². The van der Waals surface area contributed by atoms with Gasteiger partial charge in [0.05, 0.1) is 10.9 Å². The van der Waals surface area contributed by atoms with E-state index in [1.54, 1.807) is 36.4 Å². The van der Waals surface area contributed by atoms with E-state index in [-0.39, 0.29) is 11.5 Å². The first-order valence-corrected chi connectivity index (χ1v) is 12.3. The molecule has 4 nitrogen and oxygen atoms in total. The molecule has 0 saturated heterocycles. The van der Waals surface area contributed by atoms with Crippen LogP contribution in [0.15, 0.2) is 87.5 Å². The van der Waals surface area contributed by atoms with E-state index in [9.17, 15) is 40.9 Å². The summed E-state index contributed by atoms with van der Waals surface area (Å²) in [5, 5.41) is 19.1. The highest BCUT2D eigenvalue weighted by atomic mass is 32.2. The van der Waals surface area contributed by atoms with Gasteiger partial charge in [0, 0.05) is 0 Å². The Morgan fingerprint density at radius 1 is 0.579 bits per heavy atom. The molecule has 2 unspecified atom stereocenters. The maximum Gasteiger partial charge on any atom is 0.420 e. The highest BCUT2D eigenvalue weighted by Gasteiger charge is 2.51. The zero-order valence-corrected chi connectivity index (χ0v) is 20.9. The van der Waals surface area contributed by atoms with Crippen molar-refractivity contribution in [3.05, 3.63) is 78.6 Å². The van der Waals surface area contributed by atoms with Crippen LogP contribution in [0.2, 0.25) is 0 Å². The summed E-state index contributed by atoms with van der Waals surface area (Å²) in [4.78, 5) is 2.05. The van der Waals surface area contributed by atoms with Crippen molar-refractivity contribution in [2.75, 3.05) is 13.2 Å². The van der Waals surface area contributed by atoms with Gasteiger partial charge in [-0.3, -0.25) is 0 Å². The van der Waals surface area contributed by atoms with Crippen molar-refractivity contribution >= 4 is 10.9 Å². The average molecular weight is 566 g/mol. The predicted molar refractivity (Wildman–Crippen MR) is 126 cm³/mol. The topological polar surface area (TPSA) is 58.9 Å². The Kier molecular flexibility index (Phi) is 8.59. The summed E-state index contributed by atoms with van der Waals surface area (Å²) < 4.78 is 101. The van der Waals surface area contributed by atoms with Gasteiger partial charge in [-0.15, -0.1) is 0 Å². The van der Waals surface area contributed by atoms with Crippen molar-refractivity contribution in [3.8, 4) is 11.5 Å². The Hall–Kier alpha value is -2.96. The summed E-state index contributed by atoms with van der Waals surface area (Å²) in [5.41, 5.74) is -6.08. The molecule has 206 valence electrons. The lowest BCUT2D eigenvalue weighted by atomic mass is 10.1. The van der Waals surface area contributed by atoms with Gasteiger partial charge in [-0.2, -0.15) is 26.3 Å². The number of benzene rings is 3. The smallest absolute Gasteiger partial charge is 0.420 e. The maximum atomic E-state index is 13.6. The number of hydrogen-bond donors (Lipinski definition) is 2. The molecule has 0 radical (unpaired) electrons. The molecule has 0 aromatic heterocycles. The molecule has 2 N–H and O–H groups in total. The predicted octanol–water partition coefficient (Wildman–Crippen LogP) is 6.31. The van der Waals surface area contributed by atoms with Gasteiger partial charge in [0.15, 0.2) is 25.9 Å². The van der Waals surface area contributed by atoms with Gasteiger partial charge in [0.1, 0.15) is 30.5 Å². The van der Waals surface area contributed by atoms with E-state index in [4.69, 9.17) is 9.47 Å². The Morgan fingerprint density at radius 3 is 1.16 bits per heavy atom. The third kappa shape index (κ3) is 7.12. The lowest BCUT2D eigenvalue weighted by Crippen LogP contribution is -2.47. The van der Waals surface area contributed by atoms with Crippen molar-refractivity contribution in [1.82, 2.24) is 0 Å². The lowest BCUT2D eigenvalue weighted by molar-refractivity contribution is -0.260. The van der Waals surface area contributed by atoms with Crippen molar-refractivity contribution in [1.29, 1.82) is 0 Å². The second-order valence-corrected chi connectivity index (χ2v) is 10.9. The molecule has 0 saturated carbocycles. The van der Waals surface area contributed by atoms with Crippen LogP contribution in [0.3, 0.4) is 0 Å². The Balaban J connectivity index is 1.84. The van der Waals surface area contributed by atoms with E-state index in [0.717, 1.165) is 0 Å². The first-order chi connectivity index (χ1) is 17.5. The van der Waals surface area contributed by atoms with Crippen molar-refractivity contribution < 1.29 is 50.4 Å². The van der Waals surface area contributed by atoms with E-state index in [2.05, 4.69) is 0 Å². The summed E-state index contributed by atoms with van der Waals surface area (Å²) >= 11 is 0. The molecule has 0 aliphatic heterocycles. The highest BCUT2D eigenvalue weighted by Crippen LogP contribution is 2.35. The summed E-state index contributed by atoms with van der Waals surface area (Å²) in [5.74, 6) is -0.291. The van der Waals surface area contributed by atoms with Crippen LogP contribution in [0.25, 0.3) is 0 Å². The number of hydrogen-bond acceptors (Lipinski definition) is 4. The number of aliphatic hydroxyl groups is 2. The van der Waals surface area contributed by atoms with Gasteiger partial charge in [0.2, 0.25) is 0 Å². The standard InChI is InChI=1S/C26H24F7O4S/c1-23(34,25(28,29)30)15-36-18-5-11-21(12-6-18)38(20-9-3-17(27)4-10-20)22-13-7-19(8-14-22)37-16-24(2,35)26(31,32)33/h3-14,34-35H,15-16H2,1-2H3/q+1. The van der Waals surface area contributed by atoms with Crippen LogP contribution in [-0.4, -0.2) is 47.0 Å². The normalized spacial score (nSPS) is 16.3. The van der Waals surface area contributed by atoms with Gasteiger partial charge in [0.25, 0.3) is 0 Å². The lowest BCUT2D eigenvalue weighted by Gasteiger charge is -2.26. The molecule has 0 bridgehead atoms. The van der Waals surface area contributed by atoms with Gasteiger partial charge in [-0.1, -0.05) is 0 Å². The van der Waals surface area contributed by atoms with Crippen LogP contribution in [0.1, 0.15) is 13.8 Å². The molecule has 0 fully saturated rings. The number of halogens is 7. The van der Waals surface area contributed by atoms with Gasteiger partial charge < -0.3 is 19.7 Å². The number of ether oxygens (including phenoxy) is 2. The molecular weight excluding hydrogens is 541 g/mol. The van der Waals surface area contributed by atoms with Crippen LogP contribution in [-0.2, 0) is 10.9 Å². The largest absolute Gasteiger partial charge is 0.490 e. The second kappa shape index (κ2) is 11.0. The van der Waals surface area contributed by atoms with Crippen LogP contribution >= 0.6 is 0 Å². The van der Waals surface area contributed by atoms with E-state index in [1.807, 2.05) is 0 Å². The fraction of sp³-hybridized carbons (Fsp3) is 0.308. The Bertz CT molecular complexity index is 1120. The summed E-state index contributed by atoms with van der Waals surface area (Å²) in [6.45, 7) is -0.819. The monoisotopic (exact) mass is 565 g/mol. The van der Waals surface area contributed by atoms with Crippen LogP contribution in [0.5, 0.6) is 11.5 Å². The van der Waals surface area contributed by atoms with Crippen molar-refractivity contribution in [2.45, 2.75) is 52.1 Å². The molecule has 3 rings (SSSR count).